The van der Waals surface area contributed by atoms with Crippen LogP contribution in [0.25, 0.3) is 0 Å². The molecule has 1 aromatic carbocycles. The van der Waals surface area contributed by atoms with Gasteiger partial charge in [0.05, 0.1) is 0 Å². The molecule has 0 aliphatic heterocycles. The molecule has 0 bridgehead atoms. The quantitative estimate of drug-likeness (QED) is 0.797. The van der Waals surface area contributed by atoms with Crippen LogP contribution in [0.2, 0.25) is 0 Å². The van der Waals surface area contributed by atoms with E-state index < -0.39 is 0 Å². The summed E-state index contributed by atoms with van der Waals surface area (Å²) in [6.07, 6.45) is 1.86. The number of urea groups is 1. The van der Waals surface area contributed by atoms with Gasteiger partial charge >= 0.3 is 6.03 Å². The molecule has 0 radical (unpaired) electrons. The van der Waals surface area contributed by atoms with Gasteiger partial charge in [0.1, 0.15) is 0 Å². The molecule has 0 saturated heterocycles. The maximum absolute atomic E-state index is 12.1. The molecule has 0 fully saturated rings. The summed E-state index contributed by atoms with van der Waals surface area (Å²) >= 11 is 0. The Bertz CT molecular complexity index is 438. The normalized spacial score (nSPS) is 10.1. The van der Waals surface area contributed by atoms with Gasteiger partial charge < -0.3 is 10.2 Å². The van der Waals surface area contributed by atoms with Crippen molar-refractivity contribution in [3.63, 3.8) is 0 Å². The van der Waals surface area contributed by atoms with Crippen molar-refractivity contribution < 1.29 is 9.59 Å². The Morgan fingerprint density at radius 3 is 2.32 bits per heavy atom. The van der Waals surface area contributed by atoms with Crippen LogP contribution >= 0.6 is 0 Å². The third-order valence-electron chi connectivity index (χ3n) is 2.79. The number of rotatable bonds is 6. The third-order valence-corrected chi connectivity index (χ3v) is 2.79. The average molecular weight is 262 g/mol. The van der Waals surface area contributed by atoms with Gasteiger partial charge in [-0.15, -0.1) is 0 Å². The second-order valence-corrected chi connectivity index (χ2v) is 4.55. The van der Waals surface area contributed by atoms with E-state index in [4.69, 9.17) is 0 Å². The molecule has 0 spiro atoms. The summed E-state index contributed by atoms with van der Waals surface area (Å²) in [6, 6.07) is 6.91. The Labute approximate surface area is 114 Å². The van der Waals surface area contributed by atoms with Gasteiger partial charge in [-0.2, -0.15) is 0 Å². The summed E-state index contributed by atoms with van der Waals surface area (Å²) < 4.78 is 0. The molecule has 0 heterocycles. The molecule has 4 nitrogen and oxygen atoms in total. The van der Waals surface area contributed by atoms with E-state index in [9.17, 15) is 9.59 Å². The standard InChI is InChI=1S/C15H22N2O2/c1-4-9-17(10-5-2)15(19)16-14-8-6-7-13(11-14)12(3)18/h6-8,11H,4-5,9-10H2,1-3H3,(H,16,19). The van der Waals surface area contributed by atoms with Crippen molar-refractivity contribution in [2.24, 2.45) is 0 Å². The summed E-state index contributed by atoms with van der Waals surface area (Å²) in [5.41, 5.74) is 1.27. The molecule has 0 unspecified atom stereocenters. The van der Waals surface area contributed by atoms with Gasteiger partial charge in [0.2, 0.25) is 0 Å². The van der Waals surface area contributed by atoms with E-state index in [-0.39, 0.29) is 11.8 Å². The molecule has 0 aromatic heterocycles. The lowest BCUT2D eigenvalue weighted by Crippen LogP contribution is -2.36. The Morgan fingerprint density at radius 1 is 1.16 bits per heavy atom. The van der Waals surface area contributed by atoms with E-state index in [2.05, 4.69) is 5.32 Å². The molecule has 4 heteroatoms. The molecule has 2 amide bonds. The average Bonchev–Trinajstić information content (AvgIpc) is 2.38. The molecule has 0 saturated carbocycles. The van der Waals surface area contributed by atoms with Gasteiger partial charge in [0.25, 0.3) is 0 Å². The summed E-state index contributed by atoms with van der Waals surface area (Å²) in [5, 5.41) is 2.84. The van der Waals surface area contributed by atoms with Crippen molar-refractivity contribution in [2.45, 2.75) is 33.6 Å². The maximum atomic E-state index is 12.1. The highest BCUT2D eigenvalue weighted by Gasteiger charge is 2.12. The molecule has 1 aromatic rings. The number of benzene rings is 1. The van der Waals surface area contributed by atoms with Crippen LogP contribution in [0.15, 0.2) is 24.3 Å². The maximum Gasteiger partial charge on any atom is 0.321 e. The number of amides is 2. The smallest absolute Gasteiger partial charge is 0.321 e. The lowest BCUT2D eigenvalue weighted by atomic mass is 10.1. The van der Waals surface area contributed by atoms with Gasteiger partial charge in [0, 0.05) is 24.3 Å². The number of carbonyl (C=O) groups excluding carboxylic acids is 2. The van der Waals surface area contributed by atoms with Gasteiger partial charge in [-0.25, -0.2) is 4.79 Å². The fraction of sp³-hybridized carbons (Fsp3) is 0.467. The summed E-state index contributed by atoms with van der Waals surface area (Å²) in [5.74, 6) is -0.00456. The lowest BCUT2D eigenvalue weighted by molar-refractivity contribution is 0.101. The number of ketones is 1. The number of Topliss-reactive ketones (excluding diaryl/α,β-unsaturated/α-hetero) is 1. The van der Waals surface area contributed by atoms with Crippen LogP contribution in [-0.4, -0.2) is 29.8 Å². The molecule has 0 aliphatic carbocycles. The van der Waals surface area contributed by atoms with Crippen LogP contribution in [0.5, 0.6) is 0 Å². The van der Waals surface area contributed by atoms with E-state index >= 15 is 0 Å². The highest BCUT2D eigenvalue weighted by atomic mass is 16.2. The van der Waals surface area contributed by atoms with E-state index in [0.29, 0.717) is 11.3 Å². The van der Waals surface area contributed by atoms with E-state index in [1.54, 1.807) is 29.2 Å². The lowest BCUT2D eigenvalue weighted by Gasteiger charge is -2.22. The Morgan fingerprint density at radius 2 is 1.79 bits per heavy atom. The van der Waals surface area contributed by atoms with Crippen LogP contribution in [0.1, 0.15) is 44.0 Å². The van der Waals surface area contributed by atoms with Gasteiger partial charge in [-0.3, -0.25) is 4.79 Å². The summed E-state index contributed by atoms with van der Waals surface area (Å²) in [7, 11) is 0. The molecule has 1 rings (SSSR count). The highest BCUT2D eigenvalue weighted by Crippen LogP contribution is 2.12. The predicted octanol–water partition coefficient (Wildman–Crippen LogP) is 3.54. The second-order valence-electron chi connectivity index (χ2n) is 4.55. The van der Waals surface area contributed by atoms with Crippen molar-refractivity contribution in [2.75, 3.05) is 18.4 Å². The molecule has 19 heavy (non-hydrogen) atoms. The SMILES string of the molecule is CCCN(CCC)C(=O)Nc1cccc(C(C)=O)c1. The first kappa shape index (κ1) is 15.2. The third kappa shape index (κ3) is 4.73. The largest absolute Gasteiger partial charge is 0.325 e. The Kier molecular flexibility index (Phi) is 6.06. The number of hydrogen-bond acceptors (Lipinski definition) is 2. The van der Waals surface area contributed by atoms with Crippen molar-refractivity contribution in [1.29, 1.82) is 0 Å². The second kappa shape index (κ2) is 7.56. The zero-order chi connectivity index (χ0) is 14.3. The van der Waals surface area contributed by atoms with Crippen molar-refractivity contribution in [1.82, 2.24) is 4.90 Å². The van der Waals surface area contributed by atoms with E-state index in [1.165, 1.54) is 6.92 Å². The Hall–Kier alpha value is -1.84. The summed E-state index contributed by atoms with van der Waals surface area (Å²) in [6.45, 7) is 7.10. The zero-order valence-electron chi connectivity index (χ0n) is 11.9. The molecular weight excluding hydrogens is 240 g/mol. The first-order valence-electron chi connectivity index (χ1n) is 6.75. The minimum absolute atomic E-state index is 0.00456. The van der Waals surface area contributed by atoms with E-state index in [1.807, 2.05) is 13.8 Å². The fourth-order valence-electron chi connectivity index (χ4n) is 1.87. The van der Waals surface area contributed by atoms with Crippen LogP contribution < -0.4 is 5.32 Å². The molecular formula is C15H22N2O2. The first-order valence-corrected chi connectivity index (χ1v) is 6.75. The van der Waals surface area contributed by atoms with Crippen molar-refractivity contribution in [3.05, 3.63) is 29.8 Å². The minimum atomic E-state index is -0.107. The van der Waals surface area contributed by atoms with Crippen molar-refractivity contribution >= 4 is 17.5 Å². The fourth-order valence-corrected chi connectivity index (χ4v) is 1.87. The zero-order valence-corrected chi connectivity index (χ0v) is 11.9. The topological polar surface area (TPSA) is 49.4 Å². The van der Waals surface area contributed by atoms with Crippen LogP contribution in [-0.2, 0) is 0 Å². The Balaban J connectivity index is 2.74. The number of hydrogen-bond donors (Lipinski definition) is 1. The van der Waals surface area contributed by atoms with Gasteiger partial charge in [-0.05, 0) is 31.9 Å². The number of anilines is 1. The number of carbonyl (C=O) groups is 2. The molecule has 1 N–H and O–H groups in total. The monoisotopic (exact) mass is 262 g/mol. The van der Waals surface area contributed by atoms with Crippen LogP contribution in [0, 0.1) is 0 Å². The van der Waals surface area contributed by atoms with E-state index in [0.717, 1.165) is 25.9 Å². The number of nitrogens with one attached hydrogen (secondary N) is 1. The highest BCUT2D eigenvalue weighted by molar-refractivity contribution is 5.96. The molecule has 104 valence electrons. The predicted molar refractivity (Wildman–Crippen MR) is 77.6 cm³/mol. The summed E-state index contributed by atoms with van der Waals surface area (Å²) in [4.78, 5) is 25.2. The molecule has 0 atom stereocenters. The van der Waals surface area contributed by atoms with Gasteiger partial charge in [0.15, 0.2) is 5.78 Å². The van der Waals surface area contributed by atoms with Gasteiger partial charge in [-0.1, -0.05) is 26.0 Å². The van der Waals surface area contributed by atoms with Crippen LogP contribution in [0.4, 0.5) is 10.5 Å². The van der Waals surface area contributed by atoms with Crippen LogP contribution in [0.3, 0.4) is 0 Å². The van der Waals surface area contributed by atoms with Crippen molar-refractivity contribution in [3.8, 4) is 0 Å². The first-order chi connectivity index (χ1) is 9.08. The molecule has 0 aliphatic rings. The number of nitrogens with zero attached hydrogens (tertiary/aromatic N) is 1. The minimum Gasteiger partial charge on any atom is -0.325 e.